The molecule has 0 saturated carbocycles. The molecule has 0 radical (unpaired) electrons. The van der Waals surface area contributed by atoms with Crippen LogP contribution in [0, 0.1) is 0 Å². The minimum absolute atomic E-state index is 0.0674. The van der Waals surface area contributed by atoms with E-state index in [4.69, 9.17) is 10.5 Å². The molecule has 3 N–H and O–H groups in total. The first-order valence-corrected chi connectivity index (χ1v) is 7.18. The number of carbonyl (C=O) groups is 1. The number of anilines is 1. The maximum Gasteiger partial charge on any atom is 0.333 e. The van der Waals surface area contributed by atoms with Crippen molar-refractivity contribution in [2.24, 2.45) is 0 Å². The van der Waals surface area contributed by atoms with E-state index in [-0.39, 0.29) is 29.0 Å². The summed E-state index contributed by atoms with van der Waals surface area (Å²) in [6.45, 7) is 2.16. The molecular formula is C14H17N5O3. The van der Waals surface area contributed by atoms with E-state index in [0.717, 1.165) is 6.42 Å². The van der Waals surface area contributed by atoms with Gasteiger partial charge in [-0.25, -0.2) is 9.78 Å². The highest BCUT2D eigenvalue weighted by Crippen LogP contribution is 2.29. The van der Waals surface area contributed by atoms with Crippen LogP contribution in [0.3, 0.4) is 0 Å². The summed E-state index contributed by atoms with van der Waals surface area (Å²) in [4.78, 5) is 34.2. The number of H-pyrrole nitrogens is 1. The first kappa shape index (κ1) is 14.3. The molecule has 0 amide bonds. The molecule has 8 nitrogen and oxygen atoms in total. The summed E-state index contributed by atoms with van der Waals surface area (Å²) < 4.78 is 6.85. The molecule has 1 atom stereocenters. The van der Waals surface area contributed by atoms with Gasteiger partial charge in [-0.05, 0) is 26.2 Å². The van der Waals surface area contributed by atoms with E-state index in [0.29, 0.717) is 30.7 Å². The fraction of sp³-hybridized carbons (Fsp3) is 0.429. The summed E-state index contributed by atoms with van der Waals surface area (Å²) in [5.74, 6) is -0.187. The van der Waals surface area contributed by atoms with Gasteiger partial charge >= 0.3 is 5.97 Å². The lowest BCUT2D eigenvalue weighted by Gasteiger charge is -2.22. The lowest BCUT2D eigenvalue weighted by molar-refractivity contribution is -0.138. The van der Waals surface area contributed by atoms with Crippen LogP contribution < -0.4 is 11.3 Å². The number of esters is 1. The molecule has 2 aromatic heterocycles. The second-order valence-corrected chi connectivity index (χ2v) is 5.15. The van der Waals surface area contributed by atoms with E-state index in [9.17, 15) is 9.59 Å². The molecule has 8 heteroatoms. The van der Waals surface area contributed by atoms with Gasteiger partial charge in [0.15, 0.2) is 11.2 Å². The first-order valence-electron chi connectivity index (χ1n) is 7.18. The number of hydrogen-bond acceptors (Lipinski definition) is 6. The third kappa shape index (κ3) is 2.47. The van der Waals surface area contributed by atoms with E-state index in [1.54, 1.807) is 13.3 Å². The molecule has 0 unspecified atom stereocenters. The van der Waals surface area contributed by atoms with Crippen molar-refractivity contribution in [2.75, 3.05) is 12.3 Å². The van der Waals surface area contributed by atoms with E-state index in [1.165, 1.54) is 0 Å². The number of imidazole rings is 1. The molecule has 0 aliphatic heterocycles. The molecule has 0 bridgehead atoms. The van der Waals surface area contributed by atoms with Gasteiger partial charge in [0.25, 0.3) is 5.56 Å². The molecule has 1 aliphatic carbocycles. The second kappa shape index (κ2) is 5.63. The number of nitrogen functional groups attached to an aromatic ring is 1. The average Bonchev–Trinajstić information content (AvgIpc) is 2.91. The van der Waals surface area contributed by atoms with E-state index >= 15 is 0 Å². The monoisotopic (exact) mass is 303 g/mol. The summed E-state index contributed by atoms with van der Waals surface area (Å²) in [5.41, 5.74) is 6.69. The van der Waals surface area contributed by atoms with Crippen LogP contribution in [0.2, 0.25) is 0 Å². The second-order valence-electron chi connectivity index (χ2n) is 5.15. The topological polar surface area (TPSA) is 116 Å². The molecule has 0 fully saturated rings. The largest absolute Gasteiger partial charge is 0.463 e. The number of fused-ring (bicyclic) bond motifs is 1. The van der Waals surface area contributed by atoms with Gasteiger partial charge in [-0.2, -0.15) is 4.98 Å². The predicted molar refractivity (Wildman–Crippen MR) is 80.2 cm³/mol. The Morgan fingerprint density at radius 1 is 1.59 bits per heavy atom. The Bertz CT molecular complexity index is 804. The maximum absolute atomic E-state index is 11.8. The summed E-state index contributed by atoms with van der Waals surface area (Å²) in [7, 11) is 0. The first-order chi connectivity index (χ1) is 10.6. The van der Waals surface area contributed by atoms with Gasteiger partial charge in [0.2, 0.25) is 5.95 Å². The van der Waals surface area contributed by atoms with Gasteiger partial charge in [-0.1, -0.05) is 6.08 Å². The van der Waals surface area contributed by atoms with E-state index in [1.807, 2.05) is 10.6 Å². The third-order valence-electron chi connectivity index (χ3n) is 3.76. The molecule has 2 heterocycles. The van der Waals surface area contributed by atoms with Crippen molar-refractivity contribution < 1.29 is 9.53 Å². The average molecular weight is 303 g/mol. The molecule has 0 spiro atoms. The third-order valence-corrected chi connectivity index (χ3v) is 3.76. The number of ether oxygens (including phenoxy) is 1. The van der Waals surface area contributed by atoms with Gasteiger partial charge in [-0.15, -0.1) is 0 Å². The van der Waals surface area contributed by atoms with Crippen molar-refractivity contribution in [1.82, 2.24) is 19.5 Å². The number of aromatic amines is 1. The Labute approximate surface area is 126 Å². The number of hydrogen-bond donors (Lipinski definition) is 2. The highest BCUT2D eigenvalue weighted by atomic mass is 16.5. The van der Waals surface area contributed by atoms with Crippen molar-refractivity contribution in [3.05, 3.63) is 28.3 Å². The van der Waals surface area contributed by atoms with Crippen LogP contribution in [0.4, 0.5) is 5.95 Å². The molecule has 116 valence electrons. The Morgan fingerprint density at radius 2 is 2.41 bits per heavy atom. The number of nitrogens with one attached hydrogen (secondary N) is 1. The van der Waals surface area contributed by atoms with Gasteiger partial charge < -0.3 is 15.0 Å². The van der Waals surface area contributed by atoms with Crippen molar-refractivity contribution in [3.63, 3.8) is 0 Å². The lowest BCUT2D eigenvalue weighted by atomic mass is 9.95. The van der Waals surface area contributed by atoms with E-state index in [2.05, 4.69) is 15.0 Å². The quantitative estimate of drug-likeness (QED) is 0.814. The minimum Gasteiger partial charge on any atom is -0.463 e. The van der Waals surface area contributed by atoms with E-state index < -0.39 is 0 Å². The Balaban J connectivity index is 1.88. The van der Waals surface area contributed by atoms with Gasteiger partial charge in [0.05, 0.1) is 12.9 Å². The molecule has 0 aromatic carbocycles. The number of nitrogens with two attached hydrogens (primary N) is 1. The van der Waals surface area contributed by atoms with Crippen LogP contribution in [0.25, 0.3) is 11.2 Å². The zero-order valence-electron chi connectivity index (χ0n) is 12.2. The number of aromatic nitrogens is 4. The molecule has 2 aromatic rings. The van der Waals surface area contributed by atoms with Crippen LogP contribution in [0.5, 0.6) is 0 Å². The fourth-order valence-corrected chi connectivity index (χ4v) is 2.69. The zero-order valence-corrected chi connectivity index (χ0v) is 12.2. The standard InChI is InChI=1S/C14H17N5O3/c1-2-22-13(21)8-3-5-9(6-4-8)19-7-16-10-11(19)17-14(15)18-12(10)20/h3,7,9H,2,4-6H2,1H3,(H3,15,17,18,20)/t9-/m0/s1. The summed E-state index contributed by atoms with van der Waals surface area (Å²) in [5, 5.41) is 0. The molecule has 0 saturated heterocycles. The van der Waals surface area contributed by atoms with Crippen LogP contribution in [-0.2, 0) is 9.53 Å². The zero-order chi connectivity index (χ0) is 15.7. The van der Waals surface area contributed by atoms with Crippen molar-refractivity contribution >= 4 is 23.1 Å². The SMILES string of the molecule is CCOC(=O)C1=CC[C@H](n2cnc3c(=O)[nH]c(N)nc32)CC1. The van der Waals surface area contributed by atoms with Gasteiger partial charge in [0, 0.05) is 11.6 Å². The van der Waals surface area contributed by atoms with Crippen LogP contribution in [0.1, 0.15) is 32.2 Å². The highest BCUT2D eigenvalue weighted by Gasteiger charge is 2.23. The molecule has 1 aliphatic rings. The number of rotatable bonds is 3. The summed E-state index contributed by atoms with van der Waals surface area (Å²) in [6, 6.07) is 0.0943. The normalized spacial score (nSPS) is 18.2. The number of allylic oxidation sites excluding steroid dienone is 1. The molecular weight excluding hydrogens is 286 g/mol. The summed E-state index contributed by atoms with van der Waals surface area (Å²) in [6.07, 6.45) is 5.52. The van der Waals surface area contributed by atoms with Crippen LogP contribution in [0.15, 0.2) is 22.8 Å². The Morgan fingerprint density at radius 3 is 3.09 bits per heavy atom. The van der Waals surface area contributed by atoms with Crippen molar-refractivity contribution in [2.45, 2.75) is 32.2 Å². The Hall–Kier alpha value is -2.64. The van der Waals surface area contributed by atoms with Crippen LogP contribution in [-0.4, -0.2) is 32.1 Å². The van der Waals surface area contributed by atoms with Gasteiger partial charge in [-0.3, -0.25) is 9.78 Å². The smallest absolute Gasteiger partial charge is 0.333 e. The van der Waals surface area contributed by atoms with Crippen LogP contribution >= 0.6 is 0 Å². The van der Waals surface area contributed by atoms with Crippen molar-refractivity contribution in [1.29, 1.82) is 0 Å². The molecule has 22 heavy (non-hydrogen) atoms. The molecule has 3 rings (SSSR count). The fourth-order valence-electron chi connectivity index (χ4n) is 2.69. The summed E-state index contributed by atoms with van der Waals surface area (Å²) >= 11 is 0. The maximum atomic E-state index is 11.8. The van der Waals surface area contributed by atoms with Crippen molar-refractivity contribution in [3.8, 4) is 0 Å². The Kier molecular flexibility index (Phi) is 3.66. The predicted octanol–water partition coefficient (Wildman–Crippen LogP) is 0.916. The number of nitrogens with zero attached hydrogens (tertiary/aromatic N) is 3. The van der Waals surface area contributed by atoms with Gasteiger partial charge in [0.1, 0.15) is 0 Å². The highest BCUT2D eigenvalue weighted by molar-refractivity contribution is 5.88. The lowest BCUT2D eigenvalue weighted by Crippen LogP contribution is -2.18. The minimum atomic E-state index is -0.347. The number of carbonyl (C=O) groups excluding carboxylic acids is 1.